The Labute approximate surface area is 263 Å². The average molecular weight is 649 g/mol. The van der Waals surface area contributed by atoms with Crippen molar-refractivity contribution >= 4 is 56.4 Å². The number of rotatable bonds is 2. The number of aromatic nitrogens is 1. The standard InChI is InChI=1S/C35H23BN4S.Pd/c1-38-18-19-39(22-38)24-15-17-26-28-9-3-6-12-33(28)40-32-11-5-2-8-27(32)25-16-14-23(20-29(25)36(40)30(26)21-24)35-37-31-10-4-7-13-34(31)41-35;/h2-19H,22H2,1H3;/q-2;+2. The number of anilines is 3. The summed E-state index contributed by atoms with van der Waals surface area (Å²) < 4.78 is 1.19. The molecule has 0 fully saturated rings. The van der Waals surface area contributed by atoms with Gasteiger partial charge in [-0.15, -0.1) is 46.4 Å². The van der Waals surface area contributed by atoms with E-state index in [2.05, 4.69) is 137 Å². The monoisotopic (exact) mass is 648 g/mol. The van der Waals surface area contributed by atoms with E-state index in [1.807, 2.05) is 6.07 Å². The summed E-state index contributed by atoms with van der Waals surface area (Å²) in [6.07, 6.45) is 4.24. The molecule has 0 aliphatic carbocycles. The SMILES string of the molecule is CN1C=CN(c2[c-]c3c(cc2)-c2ccccc2N2B3c3[c-]c(-c4nc5ccccc5s4)ccc3-c3ccccc32)C1.[Pd+2]. The van der Waals surface area contributed by atoms with Crippen LogP contribution in [0.2, 0.25) is 0 Å². The maximum Gasteiger partial charge on any atom is 2.00 e. The second kappa shape index (κ2) is 9.71. The number of hydrogen-bond donors (Lipinski definition) is 0. The van der Waals surface area contributed by atoms with Gasteiger partial charge in [0.1, 0.15) is 0 Å². The van der Waals surface area contributed by atoms with Crippen molar-refractivity contribution in [1.29, 1.82) is 0 Å². The summed E-state index contributed by atoms with van der Waals surface area (Å²) in [4.78, 5) is 11.9. The van der Waals surface area contributed by atoms with Crippen LogP contribution in [0.3, 0.4) is 0 Å². The minimum absolute atomic E-state index is 0. The topological polar surface area (TPSA) is 22.6 Å². The van der Waals surface area contributed by atoms with Crippen molar-refractivity contribution < 1.29 is 20.4 Å². The normalized spacial score (nSPS) is 14.2. The first-order chi connectivity index (χ1) is 20.2. The summed E-state index contributed by atoms with van der Waals surface area (Å²) >= 11 is 1.73. The molecule has 3 aliphatic heterocycles. The smallest absolute Gasteiger partial charge is 0.381 e. The molecule has 202 valence electrons. The van der Waals surface area contributed by atoms with Crippen LogP contribution in [0.5, 0.6) is 0 Å². The van der Waals surface area contributed by atoms with E-state index in [1.54, 1.807) is 11.3 Å². The molecular weight excluding hydrogens is 626 g/mol. The average Bonchev–Trinajstić information content (AvgIpc) is 3.67. The Kier molecular flexibility index (Phi) is 5.91. The Morgan fingerprint density at radius 2 is 1.38 bits per heavy atom. The first-order valence-electron chi connectivity index (χ1n) is 13.8. The van der Waals surface area contributed by atoms with Crippen LogP contribution >= 0.6 is 11.3 Å². The van der Waals surface area contributed by atoms with Crippen molar-refractivity contribution in [3.05, 3.63) is 122 Å². The van der Waals surface area contributed by atoms with E-state index in [0.29, 0.717) is 0 Å². The molecule has 0 spiro atoms. The largest absolute Gasteiger partial charge is 2.00 e. The number of hydrogen-bond acceptors (Lipinski definition) is 5. The van der Waals surface area contributed by atoms with E-state index in [9.17, 15) is 0 Å². The van der Waals surface area contributed by atoms with Crippen LogP contribution in [0.1, 0.15) is 0 Å². The fourth-order valence-electron chi connectivity index (χ4n) is 6.51. The molecule has 4 nitrogen and oxygen atoms in total. The summed E-state index contributed by atoms with van der Waals surface area (Å²) in [7, 11) is 2.10. The molecule has 0 saturated carbocycles. The second-order valence-electron chi connectivity index (χ2n) is 10.8. The molecule has 7 heteroatoms. The number of para-hydroxylation sites is 3. The van der Waals surface area contributed by atoms with E-state index < -0.39 is 0 Å². The molecular formula is C35H23BN4PdS. The summed E-state index contributed by atoms with van der Waals surface area (Å²) in [5.41, 5.74) is 12.8. The molecule has 42 heavy (non-hydrogen) atoms. The molecule has 0 radical (unpaired) electrons. The minimum atomic E-state index is -0.0663. The first kappa shape index (κ1) is 25.6. The van der Waals surface area contributed by atoms with E-state index in [4.69, 9.17) is 4.98 Å². The van der Waals surface area contributed by atoms with Gasteiger partial charge in [0.2, 0.25) is 0 Å². The number of benzene rings is 5. The van der Waals surface area contributed by atoms with Crippen LogP contribution in [-0.4, -0.2) is 30.4 Å². The van der Waals surface area contributed by atoms with E-state index >= 15 is 0 Å². The van der Waals surface area contributed by atoms with Gasteiger partial charge in [-0.2, -0.15) is 28.9 Å². The van der Waals surface area contributed by atoms with Crippen LogP contribution < -0.4 is 20.6 Å². The predicted molar refractivity (Wildman–Crippen MR) is 171 cm³/mol. The van der Waals surface area contributed by atoms with Gasteiger partial charge in [-0.3, -0.25) is 4.98 Å². The molecule has 0 atom stereocenters. The Bertz CT molecular complexity index is 2020. The van der Waals surface area contributed by atoms with Gasteiger partial charge in [0.15, 0.2) is 0 Å². The van der Waals surface area contributed by atoms with Gasteiger partial charge in [-0.1, -0.05) is 59.8 Å². The van der Waals surface area contributed by atoms with Crippen molar-refractivity contribution in [2.75, 3.05) is 23.4 Å². The second-order valence-corrected chi connectivity index (χ2v) is 11.9. The maximum atomic E-state index is 4.98. The van der Waals surface area contributed by atoms with Gasteiger partial charge in [-0.25, -0.2) is 0 Å². The van der Waals surface area contributed by atoms with Gasteiger partial charge < -0.3 is 14.6 Å². The molecule has 9 rings (SSSR count). The quantitative estimate of drug-likeness (QED) is 0.155. The number of nitrogens with zero attached hydrogens (tertiary/aromatic N) is 4. The molecule has 0 N–H and O–H groups in total. The van der Waals surface area contributed by atoms with Gasteiger partial charge in [-0.05, 0) is 29.8 Å². The number of thiazole rings is 1. The number of fused-ring (bicyclic) bond motifs is 12. The molecule has 0 amide bonds. The predicted octanol–water partition coefficient (Wildman–Crippen LogP) is 6.65. The molecule has 0 saturated heterocycles. The fraction of sp³-hybridized carbons (Fsp3) is 0.0571. The molecule has 4 heterocycles. The van der Waals surface area contributed by atoms with Crippen LogP contribution in [-0.2, 0) is 20.4 Å². The Morgan fingerprint density at radius 3 is 2.10 bits per heavy atom. The molecule has 5 aromatic carbocycles. The summed E-state index contributed by atoms with van der Waals surface area (Å²) in [5, 5.41) is 0.999. The van der Waals surface area contributed by atoms with Gasteiger partial charge in [0, 0.05) is 40.5 Å². The van der Waals surface area contributed by atoms with E-state index in [1.165, 1.54) is 49.3 Å². The van der Waals surface area contributed by atoms with Gasteiger partial charge in [0.05, 0.1) is 12.2 Å². The fourth-order valence-corrected chi connectivity index (χ4v) is 7.46. The first-order valence-corrected chi connectivity index (χ1v) is 14.7. The molecule has 0 bridgehead atoms. The van der Waals surface area contributed by atoms with Gasteiger partial charge >= 0.3 is 20.4 Å². The van der Waals surface area contributed by atoms with Crippen molar-refractivity contribution in [2.45, 2.75) is 0 Å². The molecule has 0 unspecified atom stereocenters. The maximum absolute atomic E-state index is 4.98. The summed E-state index contributed by atoms with van der Waals surface area (Å²) in [5.74, 6) is 0. The van der Waals surface area contributed by atoms with E-state index in [0.717, 1.165) is 28.4 Å². The Hall–Kier alpha value is -4.14. The van der Waals surface area contributed by atoms with Crippen LogP contribution in [0, 0.1) is 12.1 Å². The zero-order valence-electron chi connectivity index (χ0n) is 22.7. The third-order valence-corrected chi connectivity index (χ3v) is 9.43. The zero-order valence-corrected chi connectivity index (χ0v) is 25.1. The summed E-state index contributed by atoms with van der Waals surface area (Å²) in [6, 6.07) is 42.6. The molecule has 6 aromatic rings. The van der Waals surface area contributed by atoms with Gasteiger partial charge in [0.25, 0.3) is 6.85 Å². The Morgan fingerprint density at radius 1 is 0.714 bits per heavy atom. The van der Waals surface area contributed by atoms with Crippen molar-refractivity contribution in [3.8, 4) is 32.8 Å². The molecule has 3 aliphatic rings. The third kappa shape index (κ3) is 3.75. The summed E-state index contributed by atoms with van der Waals surface area (Å²) in [6.45, 7) is 0.747. The van der Waals surface area contributed by atoms with Crippen molar-refractivity contribution in [3.63, 3.8) is 0 Å². The zero-order chi connectivity index (χ0) is 27.1. The van der Waals surface area contributed by atoms with Crippen molar-refractivity contribution in [2.24, 2.45) is 0 Å². The van der Waals surface area contributed by atoms with Crippen LogP contribution in [0.25, 0.3) is 43.0 Å². The van der Waals surface area contributed by atoms with E-state index in [-0.39, 0.29) is 27.3 Å². The molecule has 1 aromatic heterocycles. The van der Waals surface area contributed by atoms with Crippen LogP contribution in [0.4, 0.5) is 17.1 Å². The minimum Gasteiger partial charge on any atom is -0.381 e. The third-order valence-electron chi connectivity index (χ3n) is 8.36. The Balaban J connectivity index is 0.00000267. The van der Waals surface area contributed by atoms with Crippen molar-refractivity contribution in [1.82, 2.24) is 9.88 Å². The van der Waals surface area contributed by atoms with Crippen LogP contribution in [0.15, 0.2) is 109 Å².